The van der Waals surface area contributed by atoms with Gasteiger partial charge in [-0.15, -0.1) is 0 Å². The maximum Gasteiger partial charge on any atom is 0.417 e. The molecular formula is C30H41NO4Si. The number of ether oxygens (including phenoxy) is 1. The van der Waals surface area contributed by atoms with Crippen molar-refractivity contribution < 1.29 is 18.8 Å². The van der Waals surface area contributed by atoms with Crippen LogP contribution in [0.15, 0.2) is 60.7 Å². The highest BCUT2D eigenvalue weighted by Crippen LogP contribution is 2.44. The summed E-state index contributed by atoms with van der Waals surface area (Å²) in [6.07, 6.45) is 3.24. The van der Waals surface area contributed by atoms with Crippen LogP contribution in [0.3, 0.4) is 0 Å². The lowest BCUT2D eigenvalue weighted by atomic mass is 9.73. The fraction of sp³-hybridized carbons (Fsp3) is 0.533. The fourth-order valence-electron chi connectivity index (χ4n) is 5.88. The van der Waals surface area contributed by atoms with E-state index in [-0.39, 0.29) is 22.9 Å². The summed E-state index contributed by atoms with van der Waals surface area (Å²) in [4.78, 5) is 27.8. The zero-order valence-corrected chi connectivity index (χ0v) is 23.6. The van der Waals surface area contributed by atoms with Gasteiger partial charge in [-0.2, -0.15) is 0 Å². The molecule has 4 rings (SSSR count). The molecule has 0 radical (unpaired) electrons. The molecule has 0 N–H and O–H groups in total. The molecule has 2 amide bonds. The zero-order chi connectivity index (χ0) is 26.1. The number of hydrogen-bond donors (Lipinski definition) is 0. The van der Waals surface area contributed by atoms with Gasteiger partial charge in [0.1, 0.15) is 5.60 Å². The van der Waals surface area contributed by atoms with Crippen LogP contribution in [0.25, 0.3) is 0 Å². The summed E-state index contributed by atoms with van der Waals surface area (Å²) in [7, 11) is -2.80. The topological polar surface area (TPSA) is 55.8 Å². The number of rotatable bonds is 6. The number of amides is 2. The molecule has 2 atom stereocenters. The van der Waals surface area contributed by atoms with E-state index in [1.165, 1.54) is 21.7 Å². The molecule has 0 aromatic heterocycles. The number of nitrogens with zero attached hydrogens (tertiary/aromatic N) is 1. The van der Waals surface area contributed by atoms with Crippen molar-refractivity contribution in [3.8, 4) is 0 Å². The first-order valence-electron chi connectivity index (χ1n) is 13.2. The van der Waals surface area contributed by atoms with Crippen LogP contribution in [0.4, 0.5) is 4.79 Å². The second-order valence-corrected chi connectivity index (χ2v) is 16.7. The molecule has 2 aliphatic rings. The number of hydrogen-bond acceptors (Lipinski definition) is 4. The standard InChI is InChI=1S/C30H41NO4Si/c1-29(2,3)35-28(33)31-26(25(20-27(31)32)22-14-13-15-22)21-34-36(30(4,5)6,23-16-9-7-10-17-23)24-18-11-8-12-19-24/h7-12,16-19,22,25-26H,13-15,20-21H2,1-6H3/t25-,26-/m1/s1. The number of carbonyl (C=O) groups is 2. The average Bonchev–Trinajstić information content (AvgIpc) is 3.08. The normalized spacial score (nSPS) is 21.4. The van der Waals surface area contributed by atoms with Crippen molar-refractivity contribution >= 4 is 30.7 Å². The van der Waals surface area contributed by atoms with Crippen LogP contribution in [0.5, 0.6) is 0 Å². The summed E-state index contributed by atoms with van der Waals surface area (Å²) in [5, 5.41) is 2.20. The van der Waals surface area contributed by atoms with Gasteiger partial charge in [0.15, 0.2) is 0 Å². The van der Waals surface area contributed by atoms with Gasteiger partial charge in [0, 0.05) is 6.42 Å². The second kappa shape index (κ2) is 10.1. The van der Waals surface area contributed by atoms with E-state index in [4.69, 9.17) is 9.16 Å². The second-order valence-electron chi connectivity index (χ2n) is 12.3. The predicted octanol–water partition coefficient (Wildman–Crippen LogP) is 5.52. The Morgan fingerprint density at radius 2 is 1.44 bits per heavy atom. The first kappa shape index (κ1) is 26.6. The van der Waals surface area contributed by atoms with Crippen LogP contribution < -0.4 is 10.4 Å². The van der Waals surface area contributed by atoms with Gasteiger partial charge >= 0.3 is 6.09 Å². The molecule has 2 fully saturated rings. The fourth-order valence-corrected chi connectivity index (χ4v) is 10.5. The molecule has 1 saturated carbocycles. The highest BCUT2D eigenvalue weighted by Gasteiger charge is 2.54. The average molecular weight is 508 g/mol. The molecule has 0 bridgehead atoms. The molecule has 0 unspecified atom stereocenters. The summed E-state index contributed by atoms with van der Waals surface area (Å²) >= 11 is 0. The molecule has 36 heavy (non-hydrogen) atoms. The third-order valence-electron chi connectivity index (χ3n) is 7.74. The molecule has 1 heterocycles. The highest BCUT2D eigenvalue weighted by atomic mass is 28.4. The van der Waals surface area contributed by atoms with Crippen LogP contribution in [-0.4, -0.2) is 43.5 Å². The minimum atomic E-state index is -2.80. The summed E-state index contributed by atoms with van der Waals surface area (Å²) in [5.41, 5.74) is -0.671. The third kappa shape index (κ3) is 5.16. The summed E-state index contributed by atoms with van der Waals surface area (Å²) in [6.45, 7) is 12.6. The molecule has 2 aromatic rings. The van der Waals surface area contributed by atoms with Gasteiger partial charge in [0.2, 0.25) is 5.91 Å². The monoisotopic (exact) mass is 507 g/mol. The Labute approximate surface area is 217 Å². The van der Waals surface area contributed by atoms with E-state index in [0.29, 0.717) is 18.9 Å². The largest absolute Gasteiger partial charge is 0.443 e. The van der Waals surface area contributed by atoms with Gasteiger partial charge in [-0.25, -0.2) is 9.69 Å². The molecule has 1 saturated heterocycles. The van der Waals surface area contributed by atoms with Gasteiger partial charge in [-0.3, -0.25) is 4.79 Å². The van der Waals surface area contributed by atoms with Crippen LogP contribution in [0.2, 0.25) is 5.04 Å². The lowest BCUT2D eigenvalue weighted by Crippen LogP contribution is -2.67. The molecule has 2 aromatic carbocycles. The maximum absolute atomic E-state index is 13.3. The zero-order valence-electron chi connectivity index (χ0n) is 22.6. The molecular weight excluding hydrogens is 466 g/mol. The van der Waals surface area contributed by atoms with E-state index in [0.717, 1.165) is 12.8 Å². The van der Waals surface area contributed by atoms with Gasteiger partial charge in [-0.1, -0.05) is 101 Å². The number of carbonyl (C=O) groups excluding carboxylic acids is 2. The first-order valence-corrected chi connectivity index (χ1v) is 15.1. The van der Waals surface area contributed by atoms with Gasteiger partial charge in [-0.05, 0) is 48.0 Å². The third-order valence-corrected chi connectivity index (χ3v) is 12.7. The van der Waals surface area contributed by atoms with Crippen molar-refractivity contribution in [2.75, 3.05) is 6.61 Å². The summed E-state index contributed by atoms with van der Waals surface area (Å²) in [5.74, 6) is 0.420. The van der Waals surface area contributed by atoms with Gasteiger partial charge < -0.3 is 9.16 Å². The quantitative estimate of drug-likeness (QED) is 0.484. The lowest BCUT2D eigenvalue weighted by Gasteiger charge is -2.45. The lowest BCUT2D eigenvalue weighted by molar-refractivity contribution is -0.128. The van der Waals surface area contributed by atoms with Crippen molar-refractivity contribution in [1.82, 2.24) is 4.90 Å². The van der Waals surface area contributed by atoms with Crippen molar-refractivity contribution in [2.45, 2.75) is 83.9 Å². The van der Waals surface area contributed by atoms with Gasteiger partial charge in [0.05, 0.1) is 12.6 Å². The smallest absolute Gasteiger partial charge is 0.417 e. The highest BCUT2D eigenvalue weighted by molar-refractivity contribution is 6.99. The van der Waals surface area contributed by atoms with Crippen LogP contribution in [0, 0.1) is 11.8 Å². The van der Waals surface area contributed by atoms with E-state index in [9.17, 15) is 9.59 Å². The van der Waals surface area contributed by atoms with E-state index in [1.807, 2.05) is 32.9 Å². The molecule has 6 heteroatoms. The van der Waals surface area contributed by atoms with E-state index >= 15 is 0 Å². The number of benzene rings is 2. The first-order chi connectivity index (χ1) is 16.9. The van der Waals surface area contributed by atoms with Crippen molar-refractivity contribution in [3.63, 3.8) is 0 Å². The molecule has 1 aliphatic carbocycles. The summed E-state index contributed by atoms with van der Waals surface area (Å²) < 4.78 is 12.9. The predicted molar refractivity (Wildman–Crippen MR) is 146 cm³/mol. The molecule has 1 aliphatic heterocycles. The number of likely N-dealkylation sites (tertiary alicyclic amines) is 1. The minimum Gasteiger partial charge on any atom is -0.443 e. The Balaban J connectivity index is 1.74. The molecule has 194 valence electrons. The van der Waals surface area contributed by atoms with E-state index in [2.05, 4.69) is 69.3 Å². The molecule has 5 nitrogen and oxygen atoms in total. The Morgan fingerprint density at radius 3 is 1.86 bits per heavy atom. The van der Waals surface area contributed by atoms with Crippen LogP contribution in [0.1, 0.15) is 67.2 Å². The maximum atomic E-state index is 13.3. The van der Waals surface area contributed by atoms with Gasteiger partial charge in [0.25, 0.3) is 8.32 Å². The van der Waals surface area contributed by atoms with Crippen LogP contribution in [-0.2, 0) is 14.0 Å². The Bertz CT molecular complexity index is 1010. The summed E-state index contributed by atoms with van der Waals surface area (Å²) in [6, 6.07) is 20.7. The SMILES string of the molecule is CC(C)(C)OC(=O)N1C(=O)C[C@H](C2CCC2)[C@H]1CO[Si](c1ccccc1)(c1ccccc1)C(C)(C)C. The van der Waals surface area contributed by atoms with Crippen molar-refractivity contribution in [1.29, 1.82) is 0 Å². The molecule has 0 spiro atoms. The van der Waals surface area contributed by atoms with Crippen LogP contribution >= 0.6 is 0 Å². The van der Waals surface area contributed by atoms with Crippen molar-refractivity contribution in [3.05, 3.63) is 60.7 Å². The van der Waals surface area contributed by atoms with E-state index in [1.54, 1.807) is 0 Å². The minimum absolute atomic E-state index is 0.108. The number of imide groups is 1. The Hall–Kier alpha value is -2.44. The Kier molecular flexibility index (Phi) is 7.49. The van der Waals surface area contributed by atoms with E-state index < -0.39 is 20.0 Å². The Morgan fingerprint density at radius 1 is 0.917 bits per heavy atom. The van der Waals surface area contributed by atoms with Crippen molar-refractivity contribution in [2.24, 2.45) is 11.8 Å².